The van der Waals surface area contributed by atoms with E-state index in [1.54, 1.807) is 5.06 Å². The Bertz CT molecular complexity index is 834. The van der Waals surface area contributed by atoms with E-state index in [2.05, 4.69) is 13.8 Å². The molecule has 3 atom stereocenters. The number of rotatable bonds is 5. The Morgan fingerprint density at radius 3 is 2.22 bits per heavy atom. The van der Waals surface area contributed by atoms with Crippen molar-refractivity contribution in [2.75, 3.05) is 9.96 Å². The van der Waals surface area contributed by atoms with Crippen LogP contribution in [0.1, 0.15) is 32.3 Å². The molecule has 2 aliphatic heterocycles. The minimum absolute atomic E-state index is 0.140. The van der Waals surface area contributed by atoms with E-state index in [4.69, 9.17) is 4.84 Å². The Kier molecular flexibility index (Phi) is 4.70. The molecule has 2 aromatic rings. The smallest absolute Gasteiger partial charge is 0.266 e. The van der Waals surface area contributed by atoms with Gasteiger partial charge in [-0.3, -0.25) is 14.4 Å². The first kappa shape index (κ1) is 17.7. The number of para-hydroxylation sites is 1. The average Bonchev–Trinajstić information content (AvgIpc) is 3.19. The zero-order valence-electron chi connectivity index (χ0n) is 15.7. The topological polar surface area (TPSA) is 49.9 Å². The summed E-state index contributed by atoms with van der Waals surface area (Å²) in [5, 5.41) is 1.77. The number of fused-ring (bicyclic) bond motifs is 1. The van der Waals surface area contributed by atoms with Crippen LogP contribution in [0, 0.1) is 5.92 Å². The van der Waals surface area contributed by atoms with Crippen molar-refractivity contribution in [2.24, 2.45) is 5.92 Å². The lowest BCUT2D eigenvalue weighted by Gasteiger charge is -2.28. The zero-order chi connectivity index (χ0) is 19.0. The number of nitrogens with zero attached hydrogens (tertiary/aromatic N) is 2. The summed E-state index contributed by atoms with van der Waals surface area (Å²) in [5.74, 6) is -0.900. The van der Waals surface area contributed by atoms with Gasteiger partial charge in [-0.05, 0) is 42.7 Å². The second-order valence-corrected chi connectivity index (χ2v) is 7.10. The number of hydrogen-bond donors (Lipinski definition) is 0. The predicted octanol–water partition coefficient (Wildman–Crippen LogP) is 3.73. The molecule has 2 fully saturated rings. The molecule has 2 aliphatic rings. The summed E-state index contributed by atoms with van der Waals surface area (Å²) in [7, 11) is 0. The molecule has 2 heterocycles. The van der Waals surface area contributed by atoms with E-state index in [0.29, 0.717) is 5.69 Å². The first-order chi connectivity index (χ1) is 13.2. The minimum Gasteiger partial charge on any atom is -0.273 e. The first-order valence-corrected chi connectivity index (χ1v) is 9.63. The van der Waals surface area contributed by atoms with E-state index in [-0.39, 0.29) is 17.9 Å². The summed E-state index contributed by atoms with van der Waals surface area (Å²) in [4.78, 5) is 33.6. The highest BCUT2D eigenvalue weighted by atomic mass is 16.7. The summed E-state index contributed by atoms with van der Waals surface area (Å²) < 4.78 is 0. The maximum absolute atomic E-state index is 13.2. The molecule has 0 spiro atoms. The molecule has 0 aromatic heterocycles. The summed E-state index contributed by atoms with van der Waals surface area (Å²) in [6.45, 7) is 4.16. The number of benzene rings is 2. The highest BCUT2D eigenvalue weighted by molar-refractivity contribution is 6.23. The van der Waals surface area contributed by atoms with Gasteiger partial charge in [0.2, 0.25) is 5.91 Å². The SMILES string of the molecule is CCC[C@@H]1[C@H]2C(=O)N(c3ccc(CC)cc3)C(=O)[C@@H]2ON1c1ccccc1. The van der Waals surface area contributed by atoms with Crippen molar-refractivity contribution in [1.82, 2.24) is 0 Å². The lowest BCUT2D eigenvalue weighted by molar-refractivity contribution is -0.126. The molecule has 2 amide bonds. The van der Waals surface area contributed by atoms with Crippen LogP contribution in [0.25, 0.3) is 0 Å². The first-order valence-electron chi connectivity index (χ1n) is 9.63. The van der Waals surface area contributed by atoms with E-state index in [1.165, 1.54) is 10.5 Å². The molecule has 2 aromatic carbocycles. The van der Waals surface area contributed by atoms with Crippen LogP contribution in [0.5, 0.6) is 0 Å². The zero-order valence-corrected chi connectivity index (χ0v) is 15.7. The lowest BCUT2D eigenvalue weighted by atomic mass is 9.93. The Labute approximate surface area is 159 Å². The van der Waals surface area contributed by atoms with Crippen molar-refractivity contribution < 1.29 is 14.4 Å². The van der Waals surface area contributed by atoms with Crippen molar-refractivity contribution in [3.63, 3.8) is 0 Å². The average molecular weight is 364 g/mol. The molecular weight excluding hydrogens is 340 g/mol. The van der Waals surface area contributed by atoms with Gasteiger partial charge in [0.1, 0.15) is 0 Å². The maximum atomic E-state index is 13.2. The van der Waals surface area contributed by atoms with Gasteiger partial charge in [0, 0.05) is 0 Å². The highest BCUT2D eigenvalue weighted by Gasteiger charge is 2.59. The van der Waals surface area contributed by atoms with Crippen LogP contribution >= 0.6 is 0 Å². The van der Waals surface area contributed by atoms with Gasteiger partial charge in [-0.25, -0.2) is 9.96 Å². The van der Waals surface area contributed by atoms with Gasteiger partial charge < -0.3 is 0 Å². The van der Waals surface area contributed by atoms with Gasteiger partial charge in [-0.2, -0.15) is 0 Å². The Morgan fingerprint density at radius 1 is 0.889 bits per heavy atom. The summed E-state index contributed by atoms with van der Waals surface area (Å²) in [6.07, 6.45) is 1.87. The Morgan fingerprint density at radius 2 is 1.59 bits per heavy atom. The Hall–Kier alpha value is -2.66. The number of hydroxylamine groups is 1. The van der Waals surface area contributed by atoms with Gasteiger partial charge in [0.25, 0.3) is 5.91 Å². The van der Waals surface area contributed by atoms with E-state index in [9.17, 15) is 9.59 Å². The number of aryl methyl sites for hydroxylation is 1. The monoisotopic (exact) mass is 364 g/mol. The van der Waals surface area contributed by atoms with Crippen molar-refractivity contribution in [1.29, 1.82) is 0 Å². The van der Waals surface area contributed by atoms with Crippen LogP contribution in [0.3, 0.4) is 0 Å². The van der Waals surface area contributed by atoms with E-state index >= 15 is 0 Å². The number of carbonyl (C=O) groups excluding carboxylic acids is 2. The predicted molar refractivity (Wildman–Crippen MR) is 104 cm³/mol. The fourth-order valence-electron chi connectivity index (χ4n) is 4.05. The third-order valence-corrected chi connectivity index (χ3v) is 5.44. The minimum atomic E-state index is -0.750. The standard InChI is InChI=1S/C22H24N2O3/c1-3-8-18-19-20(27-24(18)17-9-6-5-7-10-17)22(26)23(21(19)25)16-13-11-15(4-2)12-14-16/h5-7,9-14,18-20H,3-4,8H2,1-2H3/t18-,19-,20-/m1/s1. The fraction of sp³-hybridized carbons (Fsp3) is 0.364. The molecule has 0 radical (unpaired) electrons. The molecule has 4 rings (SSSR count). The second-order valence-electron chi connectivity index (χ2n) is 7.10. The van der Waals surface area contributed by atoms with Gasteiger partial charge in [0.15, 0.2) is 6.10 Å². The van der Waals surface area contributed by atoms with Gasteiger partial charge in [0.05, 0.1) is 23.3 Å². The van der Waals surface area contributed by atoms with Crippen molar-refractivity contribution in [3.05, 3.63) is 60.2 Å². The second kappa shape index (κ2) is 7.16. The largest absolute Gasteiger partial charge is 0.273 e. The van der Waals surface area contributed by atoms with Crippen molar-refractivity contribution in [3.8, 4) is 0 Å². The Balaban J connectivity index is 1.65. The molecule has 0 bridgehead atoms. The summed E-state index contributed by atoms with van der Waals surface area (Å²) in [6, 6.07) is 17.2. The fourth-order valence-corrected chi connectivity index (χ4v) is 4.05. The molecule has 5 nitrogen and oxygen atoms in total. The number of anilines is 2. The molecule has 0 aliphatic carbocycles. The van der Waals surface area contributed by atoms with Gasteiger partial charge >= 0.3 is 0 Å². The lowest BCUT2D eigenvalue weighted by Crippen LogP contribution is -2.40. The van der Waals surface area contributed by atoms with Crippen molar-refractivity contribution >= 4 is 23.2 Å². The van der Waals surface area contributed by atoms with Gasteiger partial charge in [-0.15, -0.1) is 0 Å². The third kappa shape index (κ3) is 2.92. The molecule has 5 heteroatoms. The van der Waals surface area contributed by atoms with E-state index in [0.717, 1.165) is 24.9 Å². The number of imide groups is 1. The third-order valence-electron chi connectivity index (χ3n) is 5.44. The van der Waals surface area contributed by atoms with Crippen LogP contribution in [0.15, 0.2) is 54.6 Å². The quantitative estimate of drug-likeness (QED) is 0.759. The van der Waals surface area contributed by atoms with E-state index in [1.807, 2.05) is 54.6 Å². The van der Waals surface area contributed by atoms with Gasteiger partial charge in [-0.1, -0.05) is 50.6 Å². The molecule has 0 saturated carbocycles. The maximum Gasteiger partial charge on any atom is 0.266 e. The van der Waals surface area contributed by atoms with Crippen LogP contribution in [-0.4, -0.2) is 24.0 Å². The molecule has 0 N–H and O–H groups in total. The summed E-state index contributed by atoms with van der Waals surface area (Å²) in [5.41, 5.74) is 2.68. The molecule has 140 valence electrons. The molecular formula is C22H24N2O3. The normalized spacial score (nSPS) is 24.6. The van der Waals surface area contributed by atoms with Crippen LogP contribution in [-0.2, 0) is 20.8 Å². The summed E-state index contributed by atoms with van der Waals surface area (Å²) >= 11 is 0. The van der Waals surface area contributed by atoms with Crippen molar-refractivity contribution in [2.45, 2.75) is 45.3 Å². The number of hydrogen-bond acceptors (Lipinski definition) is 4. The molecule has 27 heavy (non-hydrogen) atoms. The molecule has 2 saturated heterocycles. The van der Waals surface area contributed by atoms with Crippen LogP contribution in [0.4, 0.5) is 11.4 Å². The van der Waals surface area contributed by atoms with E-state index < -0.39 is 12.0 Å². The van der Waals surface area contributed by atoms with Crippen LogP contribution < -0.4 is 9.96 Å². The number of carbonyl (C=O) groups is 2. The molecule has 0 unspecified atom stereocenters. The number of amides is 2. The van der Waals surface area contributed by atoms with Crippen LogP contribution in [0.2, 0.25) is 0 Å². The highest BCUT2D eigenvalue weighted by Crippen LogP contribution is 2.41.